The summed E-state index contributed by atoms with van der Waals surface area (Å²) >= 11 is 0. The van der Waals surface area contributed by atoms with Crippen molar-refractivity contribution in [2.45, 2.75) is 25.7 Å². The monoisotopic (exact) mass is 340 g/mol. The quantitative estimate of drug-likeness (QED) is 0.845. The Morgan fingerprint density at radius 3 is 2.76 bits per heavy atom. The maximum absolute atomic E-state index is 12.5. The summed E-state index contributed by atoms with van der Waals surface area (Å²) in [5.41, 5.74) is 1.49. The van der Waals surface area contributed by atoms with Gasteiger partial charge in [-0.2, -0.15) is 0 Å². The Morgan fingerprint density at radius 2 is 2.08 bits per heavy atom. The van der Waals surface area contributed by atoms with Crippen LogP contribution in [0.1, 0.15) is 35.4 Å². The van der Waals surface area contributed by atoms with Crippen molar-refractivity contribution in [2.24, 2.45) is 5.92 Å². The Labute approximate surface area is 148 Å². The lowest BCUT2D eigenvalue weighted by Crippen LogP contribution is -2.32. The van der Waals surface area contributed by atoms with Gasteiger partial charge in [-0.15, -0.1) is 0 Å². The molecule has 0 bridgehead atoms. The van der Waals surface area contributed by atoms with Crippen molar-refractivity contribution in [3.8, 4) is 0 Å². The fraction of sp³-hybridized carbons (Fsp3) is 0.500. The minimum absolute atomic E-state index is 0.00169. The molecule has 2 aromatic rings. The summed E-state index contributed by atoms with van der Waals surface area (Å²) in [6.07, 6.45) is 10.7. The number of anilines is 1. The van der Waals surface area contributed by atoms with Crippen LogP contribution in [0.15, 0.2) is 31.0 Å². The lowest BCUT2D eigenvalue weighted by molar-refractivity contribution is 0.0754. The van der Waals surface area contributed by atoms with Gasteiger partial charge >= 0.3 is 0 Å². The minimum Gasteiger partial charge on any atom is -0.361 e. The molecule has 1 saturated heterocycles. The molecule has 3 heterocycles. The molecule has 7 heteroatoms. The molecule has 1 atom stereocenters. The normalized spacial score (nSPS) is 17.8. The first-order chi connectivity index (χ1) is 12.1. The van der Waals surface area contributed by atoms with Gasteiger partial charge in [-0.05, 0) is 37.7 Å². The molecule has 1 amide bonds. The third kappa shape index (κ3) is 4.49. The van der Waals surface area contributed by atoms with Crippen LogP contribution in [0, 0.1) is 5.92 Å². The molecular weight excluding hydrogens is 316 g/mol. The molecule has 25 heavy (non-hydrogen) atoms. The fourth-order valence-electron chi connectivity index (χ4n) is 3.13. The van der Waals surface area contributed by atoms with Crippen LogP contribution in [-0.2, 0) is 6.42 Å². The third-order valence-electron chi connectivity index (χ3n) is 4.58. The van der Waals surface area contributed by atoms with Gasteiger partial charge in [-0.3, -0.25) is 9.78 Å². The molecule has 2 aromatic heterocycles. The summed E-state index contributed by atoms with van der Waals surface area (Å²) in [5.74, 6) is 1.40. The van der Waals surface area contributed by atoms with E-state index in [2.05, 4.69) is 19.9 Å². The largest absolute Gasteiger partial charge is 0.361 e. The number of hydrogen-bond donors (Lipinski definition) is 0. The number of amides is 1. The van der Waals surface area contributed by atoms with Crippen molar-refractivity contribution in [2.75, 3.05) is 32.1 Å². The maximum atomic E-state index is 12.5. The first kappa shape index (κ1) is 17.3. The molecule has 3 rings (SSSR count). The van der Waals surface area contributed by atoms with Crippen molar-refractivity contribution in [3.05, 3.63) is 42.4 Å². The summed E-state index contributed by atoms with van der Waals surface area (Å²) in [7, 11) is 3.91. The van der Waals surface area contributed by atoms with Crippen LogP contribution in [0.25, 0.3) is 0 Å². The van der Waals surface area contributed by atoms with Gasteiger partial charge in [0.1, 0.15) is 17.8 Å². The molecule has 0 saturated carbocycles. The average Bonchev–Trinajstić information content (AvgIpc) is 2.88. The van der Waals surface area contributed by atoms with Crippen LogP contribution in [0.2, 0.25) is 0 Å². The Balaban J connectivity index is 1.57. The highest BCUT2D eigenvalue weighted by Crippen LogP contribution is 2.22. The van der Waals surface area contributed by atoms with E-state index in [1.807, 2.05) is 36.3 Å². The second-order valence-corrected chi connectivity index (χ2v) is 6.65. The van der Waals surface area contributed by atoms with Crippen LogP contribution in [0.3, 0.4) is 0 Å². The van der Waals surface area contributed by atoms with Crippen molar-refractivity contribution in [1.29, 1.82) is 0 Å². The van der Waals surface area contributed by atoms with Gasteiger partial charge in [0.2, 0.25) is 0 Å². The first-order valence-corrected chi connectivity index (χ1v) is 8.67. The molecule has 1 aliphatic rings. The molecule has 1 fully saturated rings. The van der Waals surface area contributed by atoms with Crippen molar-refractivity contribution < 1.29 is 4.79 Å². The first-order valence-electron chi connectivity index (χ1n) is 8.67. The molecule has 132 valence electrons. The summed E-state index contributed by atoms with van der Waals surface area (Å²) in [6, 6.07) is 1.67. The van der Waals surface area contributed by atoms with Gasteiger partial charge in [0.25, 0.3) is 5.91 Å². The second-order valence-electron chi connectivity index (χ2n) is 6.65. The van der Waals surface area contributed by atoms with Crippen LogP contribution >= 0.6 is 0 Å². The molecule has 0 N–H and O–H groups in total. The van der Waals surface area contributed by atoms with E-state index in [4.69, 9.17) is 0 Å². The smallest absolute Gasteiger partial charge is 0.272 e. The predicted molar refractivity (Wildman–Crippen MR) is 95.3 cm³/mol. The highest BCUT2D eigenvalue weighted by molar-refractivity contribution is 5.92. The zero-order chi connectivity index (χ0) is 17.6. The summed E-state index contributed by atoms with van der Waals surface area (Å²) < 4.78 is 0. The van der Waals surface area contributed by atoms with Gasteiger partial charge in [-0.1, -0.05) is 0 Å². The Kier molecular flexibility index (Phi) is 5.53. The number of aromatic nitrogens is 4. The molecule has 0 unspecified atom stereocenters. The zero-order valence-electron chi connectivity index (χ0n) is 14.8. The van der Waals surface area contributed by atoms with Crippen LogP contribution in [0.4, 0.5) is 5.82 Å². The lowest BCUT2D eigenvalue weighted by atomic mass is 9.95. The highest BCUT2D eigenvalue weighted by atomic mass is 16.2. The number of likely N-dealkylation sites (tertiary alicyclic amines) is 1. The molecule has 0 aromatic carbocycles. The van der Waals surface area contributed by atoms with E-state index in [0.29, 0.717) is 11.6 Å². The van der Waals surface area contributed by atoms with E-state index < -0.39 is 0 Å². The topological polar surface area (TPSA) is 75.1 Å². The van der Waals surface area contributed by atoms with E-state index in [-0.39, 0.29) is 5.91 Å². The lowest BCUT2D eigenvalue weighted by Gasteiger charge is -2.20. The van der Waals surface area contributed by atoms with Gasteiger partial charge in [0.05, 0.1) is 18.1 Å². The SMILES string of the molecule is CN(C)c1cnc(C[C@H]2CCCN(C(=O)c3ccncn3)CC2)cn1. The van der Waals surface area contributed by atoms with E-state index in [1.165, 1.54) is 6.33 Å². The second kappa shape index (κ2) is 8.00. The van der Waals surface area contributed by atoms with E-state index in [9.17, 15) is 4.79 Å². The number of rotatable bonds is 4. The molecule has 0 spiro atoms. The van der Waals surface area contributed by atoms with Gasteiger partial charge in [-0.25, -0.2) is 15.0 Å². The Bertz CT molecular complexity index is 688. The van der Waals surface area contributed by atoms with Crippen LogP contribution in [0.5, 0.6) is 0 Å². The summed E-state index contributed by atoms with van der Waals surface area (Å²) in [6.45, 7) is 1.54. The van der Waals surface area contributed by atoms with E-state index in [1.54, 1.807) is 12.3 Å². The molecule has 1 aliphatic heterocycles. The van der Waals surface area contributed by atoms with Crippen molar-refractivity contribution in [1.82, 2.24) is 24.8 Å². The number of carbonyl (C=O) groups excluding carboxylic acids is 1. The standard InChI is InChI=1S/C18H24N6O/c1-23(2)17-12-20-15(11-21-17)10-14-4-3-8-24(9-6-14)18(25)16-5-7-19-13-22-16/h5,7,11-14H,3-4,6,8-10H2,1-2H3/t14-/m0/s1. The van der Waals surface area contributed by atoms with Crippen LogP contribution in [-0.4, -0.2) is 57.9 Å². The minimum atomic E-state index is -0.00169. The van der Waals surface area contributed by atoms with Gasteiger partial charge in [0.15, 0.2) is 0 Å². The summed E-state index contributed by atoms with van der Waals surface area (Å²) in [4.78, 5) is 33.3. The molecule has 7 nitrogen and oxygen atoms in total. The maximum Gasteiger partial charge on any atom is 0.272 e. The van der Waals surface area contributed by atoms with Gasteiger partial charge < -0.3 is 9.80 Å². The number of nitrogens with zero attached hydrogens (tertiary/aromatic N) is 6. The Morgan fingerprint density at radius 1 is 1.20 bits per heavy atom. The predicted octanol–water partition coefficient (Wildman–Crippen LogP) is 1.82. The molecule has 0 aliphatic carbocycles. The third-order valence-corrected chi connectivity index (χ3v) is 4.58. The highest BCUT2D eigenvalue weighted by Gasteiger charge is 2.22. The number of carbonyl (C=O) groups is 1. The number of hydrogen-bond acceptors (Lipinski definition) is 6. The van der Waals surface area contributed by atoms with E-state index in [0.717, 1.165) is 50.3 Å². The van der Waals surface area contributed by atoms with E-state index >= 15 is 0 Å². The average molecular weight is 340 g/mol. The van der Waals surface area contributed by atoms with Crippen molar-refractivity contribution >= 4 is 11.7 Å². The summed E-state index contributed by atoms with van der Waals surface area (Å²) in [5, 5.41) is 0. The fourth-order valence-corrected chi connectivity index (χ4v) is 3.13. The molecule has 0 radical (unpaired) electrons. The van der Waals surface area contributed by atoms with Crippen molar-refractivity contribution in [3.63, 3.8) is 0 Å². The van der Waals surface area contributed by atoms with Crippen LogP contribution < -0.4 is 4.90 Å². The molecular formula is C18H24N6O. The Hall–Kier alpha value is -2.57. The zero-order valence-corrected chi connectivity index (χ0v) is 14.8. The van der Waals surface area contributed by atoms with Gasteiger partial charge in [0, 0.05) is 33.4 Å².